The number of hydrogen-bond acceptors (Lipinski definition) is 3. The molecule has 0 fully saturated rings. The van der Waals surface area contributed by atoms with E-state index < -0.39 is 0 Å². The number of carbonyl (C=O) groups excluding carboxylic acids is 1. The molecule has 18 heavy (non-hydrogen) atoms. The van der Waals surface area contributed by atoms with Crippen molar-refractivity contribution in [2.24, 2.45) is 5.73 Å². The molecule has 0 radical (unpaired) electrons. The molecule has 4 nitrogen and oxygen atoms in total. The normalized spacial score (nSPS) is 15.3. The molecule has 0 aliphatic carbocycles. The number of rotatable bonds is 3. The zero-order valence-electron chi connectivity index (χ0n) is 10.7. The lowest BCUT2D eigenvalue weighted by Crippen LogP contribution is -2.42. The summed E-state index contributed by atoms with van der Waals surface area (Å²) < 4.78 is 1.01. The molecule has 2 rings (SSSR count). The van der Waals surface area contributed by atoms with Crippen molar-refractivity contribution in [1.82, 2.24) is 0 Å². The fourth-order valence-electron chi connectivity index (χ4n) is 1.94. The van der Waals surface area contributed by atoms with E-state index in [0.29, 0.717) is 6.54 Å². The zero-order valence-corrected chi connectivity index (χ0v) is 12.3. The molecule has 98 valence electrons. The number of carbonyl (C=O) groups is 1. The fraction of sp³-hybridized carbons (Fsp3) is 0.462. The molecule has 1 aromatic rings. The third kappa shape index (κ3) is 3.23. The first-order valence-electron chi connectivity index (χ1n) is 5.98. The van der Waals surface area contributed by atoms with Gasteiger partial charge in [-0.15, -0.1) is 0 Å². The number of nitrogens with zero attached hydrogens (tertiary/aromatic N) is 1. The van der Waals surface area contributed by atoms with Crippen LogP contribution in [0.5, 0.6) is 0 Å². The molecule has 0 saturated carbocycles. The first-order valence-corrected chi connectivity index (χ1v) is 6.78. The van der Waals surface area contributed by atoms with E-state index in [1.165, 1.54) is 0 Å². The Morgan fingerprint density at radius 1 is 1.50 bits per heavy atom. The highest BCUT2D eigenvalue weighted by Crippen LogP contribution is 2.32. The van der Waals surface area contributed by atoms with E-state index in [-0.39, 0.29) is 11.4 Å². The molecule has 1 aliphatic heterocycles. The minimum atomic E-state index is -0.222. The summed E-state index contributed by atoms with van der Waals surface area (Å²) in [7, 11) is 0. The van der Waals surface area contributed by atoms with Crippen LogP contribution >= 0.6 is 15.9 Å². The van der Waals surface area contributed by atoms with Gasteiger partial charge in [-0.3, -0.25) is 4.79 Å². The van der Waals surface area contributed by atoms with Crippen LogP contribution in [0.1, 0.15) is 20.3 Å². The standard InChI is InChI=1S/C13H18BrN3O/c1-13(2,15)5-6-17-8-12(18)16-10-4-3-9(14)7-11(10)17/h3-4,7H,5-6,8,15H2,1-2H3,(H,16,18). The van der Waals surface area contributed by atoms with Crippen LogP contribution in [-0.2, 0) is 4.79 Å². The van der Waals surface area contributed by atoms with Crippen molar-refractivity contribution in [3.8, 4) is 0 Å². The Morgan fingerprint density at radius 2 is 2.22 bits per heavy atom. The van der Waals surface area contributed by atoms with Gasteiger partial charge in [-0.1, -0.05) is 15.9 Å². The van der Waals surface area contributed by atoms with Gasteiger partial charge in [0.2, 0.25) is 5.91 Å². The first kappa shape index (κ1) is 13.4. The molecule has 0 aromatic heterocycles. The highest BCUT2D eigenvalue weighted by Gasteiger charge is 2.23. The summed E-state index contributed by atoms with van der Waals surface area (Å²) in [5.74, 6) is 0.0275. The van der Waals surface area contributed by atoms with Crippen molar-refractivity contribution < 1.29 is 4.79 Å². The third-order valence-corrected chi connectivity index (χ3v) is 3.43. The zero-order chi connectivity index (χ0) is 13.3. The van der Waals surface area contributed by atoms with Crippen molar-refractivity contribution in [1.29, 1.82) is 0 Å². The summed E-state index contributed by atoms with van der Waals surface area (Å²) in [6, 6.07) is 5.87. The maximum Gasteiger partial charge on any atom is 0.243 e. The van der Waals surface area contributed by atoms with Crippen molar-refractivity contribution in [2.45, 2.75) is 25.8 Å². The monoisotopic (exact) mass is 311 g/mol. The van der Waals surface area contributed by atoms with Crippen LogP contribution in [0, 0.1) is 0 Å². The predicted octanol–water partition coefficient (Wildman–Crippen LogP) is 2.33. The number of fused-ring (bicyclic) bond motifs is 1. The molecule has 0 bridgehead atoms. The minimum absolute atomic E-state index is 0.0275. The highest BCUT2D eigenvalue weighted by atomic mass is 79.9. The van der Waals surface area contributed by atoms with Gasteiger partial charge in [0.15, 0.2) is 0 Å². The quantitative estimate of drug-likeness (QED) is 0.900. The lowest BCUT2D eigenvalue weighted by Gasteiger charge is -2.33. The van der Waals surface area contributed by atoms with Crippen molar-refractivity contribution >= 4 is 33.2 Å². The maximum absolute atomic E-state index is 11.6. The second kappa shape index (κ2) is 4.90. The van der Waals surface area contributed by atoms with Crippen LogP contribution in [0.2, 0.25) is 0 Å². The number of anilines is 2. The molecule has 0 unspecified atom stereocenters. The largest absolute Gasteiger partial charge is 0.360 e. The Hall–Kier alpha value is -1.07. The Morgan fingerprint density at radius 3 is 2.89 bits per heavy atom. The van der Waals surface area contributed by atoms with Crippen molar-refractivity contribution in [3.05, 3.63) is 22.7 Å². The minimum Gasteiger partial charge on any atom is -0.360 e. The number of benzene rings is 1. The Labute approximate surface area is 116 Å². The molecular weight excluding hydrogens is 294 g/mol. The predicted molar refractivity (Wildman–Crippen MR) is 77.9 cm³/mol. The lowest BCUT2D eigenvalue weighted by molar-refractivity contribution is -0.115. The maximum atomic E-state index is 11.6. The number of nitrogens with one attached hydrogen (secondary N) is 1. The van der Waals surface area contributed by atoms with Crippen LogP contribution in [0.25, 0.3) is 0 Å². The molecule has 1 amide bonds. The van der Waals surface area contributed by atoms with E-state index >= 15 is 0 Å². The fourth-order valence-corrected chi connectivity index (χ4v) is 2.29. The van der Waals surface area contributed by atoms with Gasteiger partial charge in [-0.25, -0.2) is 0 Å². The third-order valence-electron chi connectivity index (χ3n) is 2.94. The molecule has 3 N–H and O–H groups in total. The van der Waals surface area contributed by atoms with Gasteiger partial charge in [0.25, 0.3) is 0 Å². The van der Waals surface area contributed by atoms with Crippen molar-refractivity contribution in [2.75, 3.05) is 23.3 Å². The second-order valence-corrected chi connectivity index (χ2v) is 6.29. The number of hydrogen-bond donors (Lipinski definition) is 2. The second-order valence-electron chi connectivity index (χ2n) is 5.37. The summed E-state index contributed by atoms with van der Waals surface area (Å²) in [6.45, 7) is 5.16. The summed E-state index contributed by atoms with van der Waals surface area (Å²) in [5, 5.41) is 2.88. The number of amides is 1. The van der Waals surface area contributed by atoms with E-state index in [9.17, 15) is 4.79 Å². The van der Waals surface area contributed by atoms with E-state index in [0.717, 1.165) is 28.8 Å². The molecule has 5 heteroatoms. The van der Waals surface area contributed by atoms with Crippen molar-refractivity contribution in [3.63, 3.8) is 0 Å². The van der Waals surface area contributed by atoms with Gasteiger partial charge >= 0.3 is 0 Å². The van der Waals surface area contributed by atoms with Gasteiger partial charge < -0.3 is 16.0 Å². The Kier molecular flexibility index (Phi) is 3.64. The average molecular weight is 312 g/mol. The van der Waals surface area contributed by atoms with Gasteiger partial charge in [0.1, 0.15) is 0 Å². The number of halogens is 1. The van der Waals surface area contributed by atoms with Gasteiger partial charge in [0.05, 0.1) is 17.9 Å². The Balaban J connectivity index is 2.22. The highest BCUT2D eigenvalue weighted by molar-refractivity contribution is 9.10. The first-order chi connectivity index (χ1) is 8.35. The molecular formula is C13H18BrN3O. The summed E-state index contributed by atoms with van der Waals surface area (Å²) in [6.07, 6.45) is 0.840. The topological polar surface area (TPSA) is 58.4 Å². The molecule has 1 aliphatic rings. The average Bonchev–Trinajstić information content (AvgIpc) is 2.25. The SMILES string of the molecule is CC(C)(N)CCN1CC(=O)Nc2ccc(Br)cc21. The smallest absolute Gasteiger partial charge is 0.243 e. The van der Waals surface area contributed by atoms with E-state index in [4.69, 9.17) is 5.73 Å². The summed E-state index contributed by atoms with van der Waals surface area (Å²) in [4.78, 5) is 13.7. The molecule has 1 heterocycles. The van der Waals surface area contributed by atoms with E-state index in [1.54, 1.807) is 0 Å². The number of nitrogens with two attached hydrogens (primary N) is 1. The summed E-state index contributed by atoms with van der Waals surface area (Å²) in [5.41, 5.74) is 7.69. The van der Waals surface area contributed by atoms with E-state index in [1.807, 2.05) is 32.0 Å². The summed E-state index contributed by atoms with van der Waals surface area (Å²) >= 11 is 3.46. The van der Waals surface area contributed by atoms with Gasteiger partial charge in [-0.2, -0.15) is 0 Å². The van der Waals surface area contributed by atoms with Crippen LogP contribution < -0.4 is 16.0 Å². The van der Waals surface area contributed by atoms with Gasteiger partial charge in [-0.05, 0) is 38.5 Å². The van der Waals surface area contributed by atoms with Crippen LogP contribution in [0.4, 0.5) is 11.4 Å². The van der Waals surface area contributed by atoms with Crippen LogP contribution in [0.3, 0.4) is 0 Å². The van der Waals surface area contributed by atoms with Crippen LogP contribution in [-0.4, -0.2) is 24.5 Å². The van der Waals surface area contributed by atoms with E-state index in [2.05, 4.69) is 26.1 Å². The van der Waals surface area contributed by atoms with Gasteiger partial charge in [0, 0.05) is 16.6 Å². The molecule has 1 aromatic carbocycles. The molecule has 0 spiro atoms. The Bertz CT molecular complexity index is 468. The molecule has 0 atom stereocenters. The lowest BCUT2D eigenvalue weighted by atomic mass is 10.0. The molecule has 0 saturated heterocycles. The van der Waals surface area contributed by atoms with Crippen LogP contribution in [0.15, 0.2) is 22.7 Å².